The summed E-state index contributed by atoms with van der Waals surface area (Å²) in [4.78, 5) is 11.9. The fourth-order valence-electron chi connectivity index (χ4n) is 1.84. The van der Waals surface area contributed by atoms with Gasteiger partial charge < -0.3 is 10.6 Å². The molecular formula is C11H18N2O. The summed E-state index contributed by atoms with van der Waals surface area (Å²) < 4.78 is 0. The van der Waals surface area contributed by atoms with Crippen LogP contribution in [0.5, 0.6) is 0 Å². The van der Waals surface area contributed by atoms with Crippen LogP contribution < -0.4 is 10.6 Å². The lowest BCUT2D eigenvalue weighted by atomic mass is 9.83. The predicted octanol–water partition coefficient (Wildman–Crippen LogP) is 0.516. The number of carbonyl (C=O) groups excluding carboxylic acids is 1. The zero-order valence-corrected chi connectivity index (χ0v) is 8.73. The van der Waals surface area contributed by atoms with Crippen molar-refractivity contribution in [2.24, 2.45) is 5.41 Å². The van der Waals surface area contributed by atoms with E-state index in [1.165, 1.54) is 0 Å². The lowest BCUT2D eigenvalue weighted by Crippen LogP contribution is -2.42. The van der Waals surface area contributed by atoms with Crippen molar-refractivity contribution in [1.29, 1.82) is 0 Å². The van der Waals surface area contributed by atoms with E-state index in [-0.39, 0.29) is 11.3 Å². The van der Waals surface area contributed by atoms with Crippen molar-refractivity contribution in [3.63, 3.8) is 0 Å². The number of hydrogen-bond donors (Lipinski definition) is 2. The second kappa shape index (κ2) is 5.02. The molecule has 0 spiro atoms. The van der Waals surface area contributed by atoms with E-state index in [2.05, 4.69) is 23.5 Å². The summed E-state index contributed by atoms with van der Waals surface area (Å²) in [6, 6.07) is 0. The van der Waals surface area contributed by atoms with E-state index in [0.29, 0.717) is 13.0 Å². The summed E-state index contributed by atoms with van der Waals surface area (Å²) in [6.07, 6.45) is 7.56. The van der Waals surface area contributed by atoms with E-state index in [1.54, 1.807) is 0 Å². The Balaban J connectivity index is 2.44. The van der Waals surface area contributed by atoms with Crippen LogP contribution in [0.2, 0.25) is 0 Å². The quantitative estimate of drug-likeness (QED) is 0.506. The molecule has 0 aliphatic carbocycles. The molecule has 1 fully saturated rings. The lowest BCUT2D eigenvalue weighted by molar-refractivity contribution is -0.130. The maximum atomic E-state index is 11.9. The van der Waals surface area contributed by atoms with Crippen molar-refractivity contribution in [1.82, 2.24) is 10.6 Å². The molecule has 1 aliphatic heterocycles. The van der Waals surface area contributed by atoms with Crippen molar-refractivity contribution in [3.8, 4) is 12.3 Å². The zero-order valence-electron chi connectivity index (χ0n) is 8.73. The highest BCUT2D eigenvalue weighted by molar-refractivity contribution is 5.83. The van der Waals surface area contributed by atoms with E-state index >= 15 is 0 Å². The van der Waals surface area contributed by atoms with Crippen LogP contribution in [0.4, 0.5) is 0 Å². The van der Waals surface area contributed by atoms with E-state index in [4.69, 9.17) is 6.42 Å². The zero-order chi connectivity index (χ0) is 10.4. The van der Waals surface area contributed by atoms with Gasteiger partial charge in [0, 0.05) is 19.5 Å². The van der Waals surface area contributed by atoms with Crippen LogP contribution in [0.15, 0.2) is 0 Å². The summed E-state index contributed by atoms with van der Waals surface area (Å²) in [5.41, 5.74) is -0.186. The molecule has 1 rings (SSSR count). The molecule has 14 heavy (non-hydrogen) atoms. The second-order valence-corrected chi connectivity index (χ2v) is 3.77. The number of nitrogens with one attached hydrogen (secondary N) is 2. The molecule has 78 valence electrons. The van der Waals surface area contributed by atoms with Crippen LogP contribution in [0.25, 0.3) is 0 Å². The van der Waals surface area contributed by atoms with E-state index in [0.717, 1.165) is 25.9 Å². The van der Waals surface area contributed by atoms with Crippen LogP contribution in [0, 0.1) is 17.8 Å². The van der Waals surface area contributed by atoms with Gasteiger partial charge in [0.2, 0.25) is 5.91 Å². The summed E-state index contributed by atoms with van der Waals surface area (Å²) in [5, 5.41) is 6.13. The first-order chi connectivity index (χ1) is 6.75. The maximum Gasteiger partial charge on any atom is 0.227 e. The lowest BCUT2D eigenvalue weighted by Gasteiger charge is -2.24. The normalized spacial score (nSPS) is 25.7. The van der Waals surface area contributed by atoms with Crippen molar-refractivity contribution in [2.45, 2.75) is 26.2 Å². The van der Waals surface area contributed by atoms with Crippen molar-refractivity contribution < 1.29 is 4.79 Å². The van der Waals surface area contributed by atoms with Gasteiger partial charge in [-0.3, -0.25) is 4.79 Å². The molecule has 3 heteroatoms. The van der Waals surface area contributed by atoms with Gasteiger partial charge in [-0.25, -0.2) is 0 Å². The molecule has 1 heterocycles. The first kappa shape index (κ1) is 11.1. The third-order valence-corrected chi connectivity index (χ3v) is 2.96. The van der Waals surface area contributed by atoms with Gasteiger partial charge in [0.25, 0.3) is 0 Å². The molecular weight excluding hydrogens is 176 g/mol. The minimum absolute atomic E-state index is 0.153. The Morgan fingerprint density at radius 2 is 2.50 bits per heavy atom. The van der Waals surface area contributed by atoms with Crippen LogP contribution >= 0.6 is 0 Å². The molecule has 0 aromatic rings. The van der Waals surface area contributed by atoms with Gasteiger partial charge in [0.05, 0.1) is 5.41 Å². The summed E-state index contributed by atoms with van der Waals surface area (Å²) >= 11 is 0. The van der Waals surface area contributed by atoms with Gasteiger partial charge in [-0.1, -0.05) is 6.92 Å². The summed E-state index contributed by atoms with van der Waals surface area (Å²) in [7, 11) is 0. The van der Waals surface area contributed by atoms with E-state index in [9.17, 15) is 4.79 Å². The number of terminal acetylenes is 1. The molecule has 1 saturated heterocycles. The second-order valence-electron chi connectivity index (χ2n) is 3.77. The SMILES string of the molecule is C#CCCNC(=O)C1(CC)CCNC1. The highest BCUT2D eigenvalue weighted by atomic mass is 16.2. The predicted molar refractivity (Wildman–Crippen MR) is 56.7 cm³/mol. The van der Waals surface area contributed by atoms with Gasteiger partial charge in [0.15, 0.2) is 0 Å². The Labute approximate surface area is 85.6 Å². The van der Waals surface area contributed by atoms with E-state index in [1.807, 2.05) is 0 Å². The molecule has 0 saturated carbocycles. The molecule has 0 aromatic heterocycles. The van der Waals surface area contributed by atoms with Crippen LogP contribution in [-0.4, -0.2) is 25.5 Å². The van der Waals surface area contributed by atoms with Crippen LogP contribution in [0.1, 0.15) is 26.2 Å². The molecule has 1 unspecified atom stereocenters. The minimum atomic E-state index is -0.186. The topological polar surface area (TPSA) is 41.1 Å². The number of rotatable bonds is 4. The van der Waals surface area contributed by atoms with Gasteiger partial charge in [-0.15, -0.1) is 12.3 Å². The highest BCUT2D eigenvalue weighted by Gasteiger charge is 2.38. The van der Waals surface area contributed by atoms with Crippen LogP contribution in [0.3, 0.4) is 0 Å². The maximum absolute atomic E-state index is 11.9. The molecule has 0 radical (unpaired) electrons. The van der Waals surface area contributed by atoms with Crippen molar-refractivity contribution >= 4 is 5.91 Å². The Kier molecular flexibility index (Phi) is 3.97. The fraction of sp³-hybridized carbons (Fsp3) is 0.727. The van der Waals surface area contributed by atoms with Gasteiger partial charge in [-0.2, -0.15) is 0 Å². The Bertz CT molecular complexity index is 236. The Morgan fingerprint density at radius 3 is 3.00 bits per heavy atom. The molecule has 1 aliphatic rings. The highest BCUT2D eigenvalue weighted by Crippen LogP contribution is 2.29. The smallest absolute Gasteiger partial charge is 0.227 e. The number of amides is 1. The molecule has 2 N–H and O–H groups in total. The summed E-state index contributed by atoms with van der Waals surface area (Å²) in [5.74, 6) is 2.67. The first-order valence-corrected chi connectivity index (χ1v) is 5.17. The average Bonchev–Trinajstić information content (AvgIpc) is 2.67. The third kappa shape index (κ3) is 2.27. The number of hydrogen-bond acceptors (Lipinski definition) is 2. The van der Waals surface area contributed by atoms with Crippen molar-refractivity contribution in [2.75, 3.05) is 19.6 Å². The monoisotopic (exact) mass is 194 g/mol. The standard InChI is InChI=1S/C11H18N2O/c1-3-5-7-13-10(14)11(4-2)6-8-12-9-11/h1,12H,4-9H2,2H3,(H,13,14). The third-order valence-electron chi connectivity index (χ3n) is 2.96. The van der Waals surface area contributed by atoms with Crippen molar-refractivity contribution in [3.05, 3.63) is 0 Å². The molecule has 1 amide bonds. The van der Waals surface area contributed by atoms with Gasteiger partial charge in [-0.05, 0) is 19.4 Å². The minimum Gasteiger partial charge on any atom is -0.355 e. The van der Waals surface area contributed by atoms with Gasteiger partial charge in [0.1, 0.15) is 0 Å². The molecule has 3 nitrogen and oxygen atoms in total. The van der Waals surface area contributed by atoms with Crippen LogP contribution in [-0.2, 0) is 4.79 Å². The summed E-state index contributed by atoms with van der Waals surface area (Å²) in [6.45, 7) is 4.40. The molecule has 1 atom stereocenters. The molecule has 0 bridgehead atoms. The molecule has 0 aromatic carbocycles. The fourth-order valence-corrected chi connectivity index (χ4v) is 1.84. The van der Waals surface area contributed by atoms with Gasteiger partial charge >= 0.3 is 0 Å². The Morgan fingerprint density at radius 1 is 1.71 bits per heavy atom. The Hall–Kier alpha value is -1.01. The average molecular weight is 194 g/mol. The van der Waals surface area contributed by atoms with E-state index < -0.39 is 0 Å². The first-order valence-electron chi connectivity index (χ1n) is 5.17. The largest absolute Gasteiger partial charge is 0.355 e. The number of carbonyl (C=O) groups is 1.